The van der Waals surface area contributed by atoms with Gasteiger partial charge in [-0.2, -0.15) is 0 Å². The summed E-state index contributed by atoms with van der Waals surface area (Å²) in [4.78, 5) is 0. The van der Waals surface area contributed by atoms with Crippen LogP contribution in [-0.4, -0.2) is 0 Å². The second-order valence-electron chi connectivity index (χ2n) is 3.41. The molecule has 0 spiro atoms. The molecule has 12 heavy (non-hydrogen) atoms. The highest BCUT2D eigenvalue weighted by Crippen LogP contribution is 2.39. The SMILES string of the molecule is Nc1ccc(C2CCC2)c(Cl)c1. The minimum atomic E-state index is 0.693. The number of anilines is 1. The minimum absolute atomic E-state index is 0.693. The van der Waals surface area contributed by atoms with Gasteiger partial charge in [-0.25, -0.2) is 0 Å². The summed E-state index contributed by atoms with van der Waals surface area (Å²) in [5.74, 6) is 0.693. The maximum absolute atomic E-state index is 6.06. The van der Waals surface area contributed by atoms with Crippen LogP contribution in [0.5, 0.6) is 0 Å². The Morgan fingerprint density at radius 1 is 1.33 bits per heavy atom. The van der Waals surface area contributed by atoms with Gasteiger partial charge in [0.1, 0.15) is 0 Å². The number of rotatable bonds is 1. The first-order chi connectivity index (χ1) is 5.77. The van der Waals surface area contributed by atoms with Crippen molar-refractivity contribution < 1.29 is 0 Å². The zero-order valence-corrected chi connectivity index (χ0v) is 7.64. The van der Waals surface area contributed by atoms with Gasteiger partial charge in [0.05, 0.1) is 0 Å². The first kappa shape index (κ1) is 7.93. The molecule has 1 aliphatic carbocycles. The molecule has 1 aromatic carbocycles. The molecule has 0 bridgehead atoms. The van der Waals surface area contributed by atoms with Crippen molar-refractivity contribution in [1.29, 1.82) is 0 Å². The molecule has 0 aromatic heterocycles. The van der Waals surface area contributed by atoms with Crippen molar-refractivity contribution in [2.75, 3.05) is 5.73 Å². The Morgan fingerprint density at radius 3 is 2.58 bits per heavy atom. The molecule has 1 aromatic rings. The van der Waals surface area contributed by atoms with E-state index in [9.17, 15) is 0 Å². The van der Waals surface area contributed by atoms with Gasteiger partial charge in [0.25, 0.3) is 0 Å². The highest BCUT2D eigenvalue weighted by molar-refractivity contribution is 6.31. The molecule has 0 unspecified atom stereocenters. The summed E-state index contributed by atoms with van der Waals surface area (Å²) in [5.41, 5.74) is 7.63. The van der Waals surface area contributed by atoms with Crippen LogP contribution in [-0.2, 0) is 0 Å². The topological polar surface area (TPSA) is 26.0 Å². The third-order valence-corrected chi connectivity index (χ3v) is 2.90. The van der Waals surface area contributed by atoms with Crippen molar-refractivity contribution in [2.45, 2.75) is 25.2 Å². The van der Waals surface area contributed by atoms with Crippen LogP contribution < -0.4 is 5.73 Å². The quantitative estimate of drug-likeness (QED) is 0.662. The predicted octanol–water partition coefficient (Wildman–Crippen LogP) is 3.19. The summed E-state index contributed by atoms with van der Waals surface area (Å²) < 4.78 is 0. The van der Waals surface area contributed by atoms with Crippen LogP contribution in [0.1, 0.15) is 30.7 Å². The first-order valence-corrected chi connectivity index (χ1v) is 4.70. The fourth-order valence-electron chi connectivity index (χ4n) is 1.59. The fourth-order valence-corrected chi connectivity index (χ4v) is 1.94. The summed E-state index contributed by atoms with van der Waals surface area (Å²) in [6.07, 6.45) is 3.90. The van der Waals surface area contributed by atoms with Crippen molar-refractivity contribution in [3.8, 4) is 0 Å². The zero-order chi connectivity index (χ0) is 8.55. The number of hydrogen-bond donors (Lipinski definition) is 1. The van der Waals surface area contributed by atoms with Crippen molar-refractivity contribution in [1.82, 2.24) is 0 Å². The van der Waals surface area contributed by atoms with Gasteiger partial charge in [0.15, 0.2) is 0 Å². The van der Waals surface area contributed by atoms with Crippen LogP contribution in [0.15, 0.2) is 18.2 Å². The Balaban J connectivity index is 2.31. The minimum Gasteiger partial charge on any atom is -0.399 e. The van der Waals surface area contributed by atoms with E-state index in [4.69, 9.17) is 17.3 Å². The molecule has 1 nitrogen and oxygen atoms in total. The Hall–Kier alpha value is -0.690. The van der Waals surface area contributed by atoms with Crippen molar-refractivity contribution >= 4 is 17.3 Å². The summed E-state index contributed by atoms with van der Waals surface area (Å²) in [6.45, 7) is 0. The van der Waals surface area contributed by atoms with E-state index < -0.39 is 0 Å². The average molecular weight is 182 g/mol. The van der Waals surface area contributed by atoms with Gasteiger partial charge in [-0.15, -0.1) is 0 Å². The molecule has 2 heteroatoms. The van der Waals surface area contributed by atoms with Gasteiger partial charge in [-0.3, -0.25) is 0 Å². The van der Waals surface area contributed by atoms with Gasteiger partial charge in [0, 0.05) is 10.7 Å². The Labute approximate surface area is 77.5 Å². The molecule has 1 fully saturated rings. The number of hydrogen-bond acceptors (Lipinski definition) is 1. The van der Waals surface area contributed by atoms with Crippen LogP contribution in [0.4, 0.5) is 5.69 Å². The lowest BCUT2D eigenvalue weighted by Crippen LogP contribution is -2.09. The monoisotopic (exact) mass is 181 g/mol. The molecular weight excluding hydrogens is 170 g/mol. The van der Waals surface area contributed by atoms with Crippen LogP contribution in [0, 0.1) is 0 Å². The lowest BCUT2D eigenvalue weighted by atomic mass is 9.80. The molecule has 2 N–H and O–H groups in total. The molecule has 0 saturated heterocycles. The highest BCUT2D eigenvalue weighted by Gasteiger charge is 2.21. The van der Waals surface area contributed by atoms with Gasteiger partial charge >= 0.3 is 0 Å². The van der Waals surface area contributed by atoms with Crippen LogP contribution in [0.3, 0.4) is 0 Å². The van der Waals surface area contributed by atoms with E-state index in [1.807, 2.05) is 12.1 Å². The van der Waals surface area contributed by atoms with E-state index in [0.29, 0.717) is 5.92 Å². The number of nitrogens with two attached hydrogens (primary N) is 1. The standard InChI is InChI=1S/C10H12ClN/c11-10-6-8(12)4-5-9(10)7-2-1-3-7/h4-7H,1-3,12H2. The van der Waals surface area contributed by atoms with E-state index in [2.05, 4.69) is 6.07 Å². The maximum Gasteiger partial charge on any atom is 0.0461 e. The number of nitrogen functional groups attached to an aromatic ring is 1. The fraction of sp³-hybridized carbons (Fsp3) is 0.400. The largest absolute Gasteiger partial charge is 0.399 e. The number of benzene rings is 1. The van der Waals surface area contributed by atoms with Crippen molar-refractivity contribution in [3.05, 3.63) is 28.8 Å². The smallest absolute Gasteiger partial charge is 0.0461 e. The molecule has 2 rings (SSSR count). The van der Waals surface area contributed by atoms with E-state index in [0.717, 1.165) is 10.7 Å². The van der Waals surface area contributed by atoms with Gasteiger partial charge in [-0.05, 0) is 36.5 Å². The molecule has 0 atom stereocenters. The zero-order valence-electron chi connectivity index (χ0n) is 6.89. The lowest BCUT2D eigenvalue weighted by molar-refractivity contribution is 0.420. The molecule has 64 valence electrons. The second kappa shape index (κ2) is 2.98. The molecule has 0 amide bonds. The normalized spacial score (nSPS) is 17.4. The summed E-state index contributed by atoms with van der Waals surface area (Å²) in [6, 6.07) is 5.83. The van der Waals surface area contributed by atoms with Gasteiger partial charge in [0.2, 0.25) is 0 Å². The Kier molecular flexibility index (Phi) is 1.97. The summed E-state index contributed by atoms with van der Waals surface area (Å²) in [5, 5.41) is 0.833. The first-order valence-electron chi connectivity index (χ1n) is 4.32. The maximum atomic E-state index is 6.06. The van der Waals surface area contributed by atoms with Crippen LogP contribution >= 0.6 is 11.6 Å². The molecular formula is C10H12ClN. The molecule has 0 heterocycles. The van der Waals surface area contributed by atoms with Crippen molar-refractivity contribution in [3.63, 3.8) is 0 Å². The third-order valence-electron chi connectivity index (χ3n) is 2.57. The lowest BCUT2D eigenvalue weighted by Gasteiger charge is -2.26. The van der Waals surface area contributed by atoms with E-state index in [1.165, 1.54) is 24.8 Å². The van der Waals surface area contributed by atoms with Crippen LogP contribution in [0.25, 0.3) is 0 Å². The Bertz CT molecular complexity index is 292. The molecule has 0 aliphatic heterocycles. The highest BCUT2D eigenvalue weighted by atomic mass is 35.5. The summed E-state index contributed by atoms with van der Waals surface area (Å²) >= 11 is 6.06. The third kappa shape index (κ3) is 1.29. The molecule has 1 saturated carbocycles. The van der Waals surface area contributed by atoms with Crippen LogP contribution in [0.2, 0.25) is 5.02 Å². The van der Waals surface area contributed by atoms with Gasteiger partial charge < -0.3 is 5.73 Å². The summed E-state index contributed by atoms with van der Waals surface area (Å²) in [7, 11) is 0. The molecule has 0 radical (unpaired) electrons. The van der Waals surface area contributed by atoms with E-state index >= 15 is 0 Å². The van der Waals surface area contributed by atoms with E-state index in [1.54, 1.807) is 0 Å². The predicted molar refractivity (Wildman–Crippen MR) is 52.5 cm³/mol. The molecule has 1 aliphatic rings. The Morgan fingerprint density at radius 2 is 2.08 bits per heavy atom. The number of halogens is 1. The van der Waals surface area contributed by atoms with Gasteiger partial charge in [-0.1, -0.05) is 24.1 Å². The second-order valence-corrected chi connectivity index (χ2v) is 3.82. The average Bonchev–Trinajstić information content (AvgIpc) is 1.91. The van der Waals surface area contributed by atoms with E-state index in [-0.39, 0.29) is 0 Å². The van der Waals surface area contributed by atoms with Crippen molar-refractivity contribution in [2.24, 2.45) is 0 Å².